The predicted molar refractivity (Wildman–Crippen MR) is 53.3 cm³/mol. The predicted octanol–water partition coefficient (Wildman–Crippen LogP) is 1.21. The molecule has 0 aromatic heterocycles. The maximum Gasteiger partial charge on any atom is 0.413 e. The monoisotopic (exact) mass is 205 g/mol. The van der Waals surface area contributed by atoms with E-state index in [9.17, 15) is 9.59 Å². The summed E-state index contributed by atoms with van der Waals surface area (Å²) in [5, 5.41) is 2.17. The van der Waals surface area contributed by atoms with Gasteiger partial charge in [-0.3, -0.25) is 10.1 Å². The van der Waals surface area contributed by atoms with E-state index in [1.165, 1.54) is 0 Å². The zero-order valence-corrected chi connectivity index (χ0v) is 8.32. The molecule has 1 aliphatic heterocycles. The molecule has 1 fully saturated rings. The zero-order valence-electron chi connectivity index (χ0n) is 8.32. The summed E-state index contributed by atoms with van der Waals surface area (Å²) < 4.78 is 4.85. The molecule has 0 radical (unpaired) electrons. The Kier molecular flexibility index (Phi) is 2.19. The molecular formula is C11H11NO3. The van der Waals surface area contributed by atoms with E-state index in [0.717, 1.165) is 5.56 Å². The number of ether oxygens (including phenoxy) is 1. The van der Waals surface area contributed by atoms with Gasteiger partial charge in [-0.1, -0.05) is 30.3 Å². The van der Waals surface area contributed by atoms with E-state index in [1.807, 2.05) is 30.3 Å². The third-order valence-electron chi connectivity index (χ3n) is 2.62. The first-order chi connectivity index (χ1) is 7.13. The highest BCUT2D eigenvalue weighted by Crippen LogP contribution is 2.26. The van der Waals surface area contributed by atoms with Gasteiger partial charge in [0.2, 0.25) is 5.91 Å². The largest absolute Gasteiger partial charge is 0.448 e. The molecule has 2 amide bonds. The molecule has 15 heavy (non-hydrogen) atoms. The van der Waals surface area contributed by atoms with Crippen molar-refractivity contribution < 1.29 is 14.3 Å². The molecule has 4 heteroatoms. The first-order valence-corrected chi connectivity index (χ1v) is 4.67. The van der Waals surface area contributed by atoms with Crippen LogP contribution in [-0.2, 0) is 14.9 Å². The van der Waals surface area contributed by atoms with Crippen molar-refractivity contribution in [1.29, 1.82) is 0 Å². The molecular weight excluding hydrogens is 194 g/mol. The summed E-state index contributed by atoms with van der Waals surface area (Å²) in [5.74, 6) is -0.315. The van der Waals surface area contributed by atoms with Crippen LogP contribution in [0.15, 0.2) is 30.3 Å². The van der Waals surface area contributed by atoms with E-state index >= 15 is 0 Å². The minimum Gasteiger partial charge on any atom is -0.448 e. The van der Waals surface area contributed by atoms with Crippen molar-refractivity contribution in [2.24, 2.45) is 0 Å². The van der Waals surface area contributed by atoms with Crippen LogP contribution in [0.1, 0.15) is 12.5 Å². The summed E-state index contributed by atoms with van der Waals surface area (Å²) in [4.78, 5) is 22.6. The number of cyclic esters (lactones) is 1. The number of carbonyl (C=O) groups is 2. The average Bonchev–Trinajstić information content (AvgIpc) is 2.25. The Morgan fingerprint density at radius 3 is 2.53 bits per heavy atom. The van der Waals surface area contributed by atoms with Crippen molar-refractivity contribution >= 4 is 12.0 Å². The Balaban J connectivity index is 2.35. The lowest BCUT2D eigenvalue weighted by atomic mass is 9.82. The molecule has 0 aliphatic carbocycles. The van der Waals surface area contributed by atoms with Crippen LogP contribution >= 0.6 is 0 Å². The lowest BCUT2D eigenvalue weighted by Crippen LogP contribution is -2.53. The lowest BCUT2D eigenvalue weighted by Gasteiger charge is -2.31. The van der Waals surface area contributed by atoms with Gasteiger partial charge in [-0.15, -0.1) is 0 Å². The molecule has 1 unspecified atom stereocenters. The lowest BCUT2D eigenvalue weighted by molar-refractivity contribution is -0.129. The number of imide groups is 1. The highest BCUT2D eigenvalue weighted by molar-refractivity contribution is 6.00. The highest BCUT2D eigenvalue weighted by atomic mass is 16.6. The van der Waals surface area contributed by atoms with Gasteiger partial charge < -0.3 is 4.74 Å². The molecule has 1 aliphatic rings. The van der Waals surface area contributed by atoms with Gasteiger partial charge in [-0.2, -0.15) is 0 Å². The topological polar surface area (TPSA) is 55.4 Å². The van der Waals surface area contributed by atoms with Gasteiger partial charge in [0.15, 0.2) is 0 Å². The second-order valence-electron chi connectivity index (χ2n) is 3.73. The Morgan fingerprint density at radius 1 is 1.27 bits per heavy atom. The van der Waals surface area contributed by atoms with Crippen molar-refractivity contribution in [2.45, 2.75) is 12.3 Å². The van der Waals surface area contributed by atoms with E-state index in [-0.39, 0.29) is 12.5 Å². The smallest absolute Gasteiger partial charge is 0.413 e. The van der Waals surface area contributed by atoms with Gasteiger partial charge in [-0.25, -0.2) is 4.79 Å². The van der Waals surface area contributed by atoms with Crippen molar-refractivity contribution in [3.8, 4) is 0 Å². The van der Waals surface area contributed by atoms with Crippen molar-refractivity contribution in [1.82, 2.24) is 5.32 Å². The molecule has 1 aromatic rings. The first kappa shape index (κ1) is 9.71. The maximum absolute atomic E-state index is 11.7. The summed E-state index contributed by atoms with van der Waals surface area (Å²) >= 11 is 0. The number of carbonyl (C=O) groups excluding carboxylic acids is 2. The van der Waals surface area contributed by atoms with E-state index in [2.05, 4.69) is 5.32 Å². The molecule has 1 N–H and O–H groups in total. The summed E-state index contributed by atoms with van der Waals surface area (Å²) in [5.41, 5.74) is 0.0600. The average molecular weight is 205 g/mol. The molecule has 4 nitrogen and oxygen atoms in total. The van der Waals surface area contributed by atoms with Crippen LogP contribution in [0.2, 0.25) is 0 Å². The standard InChI is InChI=1S/C11H11NO3/c1-11(8-5-3-2-4-6-8)7-15-10(14)12-9(11)13/h2-6H,7H2,1H3,(H,12,13,14). The maximum atomic E-state index is 11.7. The Hall–Kier alpha value is -1.84. The van der Waals surface area contributed by atoms with Crippen molar-refractivity contribution in [3.05, 3.63) is 35.9 Å². The third kappa shape index (κ3) is 1.58. The molecule has 2 rings (SSSR count). The van der Waals surface area contributed by atoms with Crippen LogP contribution in [0.5, 0.6) is 0 Å². The Morgan fingerprint density at radius 2 is 1.93 bits per heavy atom. The Bertz CT molecular complexity index is 402. The molecule has 1 saturated heterocycles. The van der Waals surface area contributed by atoms with Crippen molar-refractivity contribution in [3.63, 3.8) is 0 Å². The molecule has 0 saturated carbocycles. The fourth-order valence-electron chi connectivity index (χ4n) is 1.56. The number of benzene rings is 1. The number of nitrogens with one attached hydrogen (secondary N) is 1. The van der Waals surface area contributed by atoms with Crippen LogP contribution in [-0.4, -0.2) is 18.6 Å². The summed E-state index contributed by atoms with van der Waals surface area (Å²) in [7, 11) is 0. The highest BCUT2D eigenvalue weighted by Gasteiger charge is 2.41. The summed E-state index contributed by atoms with van der Waals surface area (Å²) in [6.07, 6.45) is -0.673. The number of rotatable bonds is 1. The zero-order chi connectivity index (χ0) is 10.9. The van der Waals surface area contributed by atoms with Gasteiger partial charge in [0.05, 0.1) is 0 Å². The number of hydrogen-bond acceptors (Lipinski definition) is 3. The minimum absolute atomic E-state index is 0.0850. The van der Waals surface area contributed by atoms with Gasteiger partial charge in [0.1, 0.15) is 12.0 Å². The second-order valence-corrected chi connectivity index (χ2v) is 3.73. The van der Waals surface area contributed by atoms with Gasteiger partial charge in [0.25, 0.3) is 0 Å². The van der Waals surface area contributed by atoms with E-state index < -0.39 is 11.5 Å². The van der Waals surface area contributed by atoms with Gasteiger partial charge in [-0.05, 0) is 12.5 Å². The normalized spacial score (nSPS) is 25.7. The number of amides is 2. The molecule has 1 heterocycles. The molecule has 1 aromatic carbocycles. The third-order valence-corrected chi connectivity index (χ3v) is 2.62. The molecule has 1 atom stereocenters. The van der Waals surface area contributed by atoms with E-state index in [4.69, 9.17) is 4.74 Å². The van der Waals surface area contributed by atoms with Crippen LogP contribution in [0.25, 0.3) is 0 Å². The molecule has 0 bridgehead atoms. The van der Waals surface area contributed by atoms with Gasteiger partial charge in [0, 0.05) is 0 Å². The molecule has 78 valence electrons. The fourth-order valence-corrected chi connectivity index (χ4v) is 1.56. The first-order valence-electron chi connectivity index (χ1n) is 4.67. The Labute approximate surface area is 87.2 Å². The van der Waals surface area contributed by atoms with Crippen molar-refractivity contribution in [2.75, 3.05) is 6.61 Å². The van der Waals surface area contributed by atoms with E-state index in [0.29, 0.717) is 0 Å². The van der Waals surface area contributed by atoms with Crippen LogP contribution in [0.4, 0.5) is 4.79 Å². The van der Waals surface area contributed by atoms with Crippen LogP contribution in [0.3, 0.4) is 0 Å². The quantitative estimate of drug-likeness (QED) is 0.749. The number of alkyl carbamates (subject to hydrolysis) is 1. The minimum atomic E-state index is -0.783. The number of hydrogen-bond donors (Lipinski definition) is 1. The molecule has 0 spiro atoms. The fraction of sp³-hybridized carbons (Fsp3) is 0.273. The van der Waals surface area contributed by atoms with Crippen LogP contribution in [0, 0.1) is 0 Å². The van der Waals surface area contributed by atoms with Gasteiger partial charge >= 0.3 is 6.09 Å². The SMILES string of the molecule is CC1(c2ccccc2)COC(=O)NC1=O. The van der Waals surface area contributed by atoms with E-state index in [1.54, 1.807) is 6.92 Å². The van der Waals surface area contributed by atoms with Crippen LogP contribution < -0.4 is 5.32 Å². The summed E-state index contributed by atoms with van der Waals surface area (Å²) in [6.45, 7) is 1.84. The second kappa shape index (κ2) is 3.38. The summed E-state index contributed by atoms with van der Waals surface area (Å²) in [6, 6.07) is 9.27.